The van der Waals surface area contributed by atoms with Crippen molar-refractivity contribution >= 4 is 17.4 Å². The van der Waals surface area contributed by atoms with E-state index in [4.69, 9.17) is 4.74 Å². The third-order valence-electron chi connectivity index (χ3n) is 5.58. The van der Waals surface area contributed by atoms with E-state index in [1.807, 2.05) is 12.5 Å². The number of methoxy groups -OCH3 is 1. The van der Waals surface area contributed by atoms with Crippen molar-refractivity contribution in [2.45, 2.75) is 44.4 Å². The Morgan fingerprint density at radius 3 is 2.91 bits per heavy atom. The van der Waals surface area contributed by atoms with E-state index in [9.17, 15) is 5.11 Å². The summed E-state index contributed by atoms with van der Waals surface area (Å²) in [5.41, 5.74) is 3.54. The quantitative estimate of drug-likeness (QED) is 0.944. The van der Waals surface area contributed by atoms with Crippen molar-refractivity contribution in [1.82, 2.24) is 9.38 Å². The highest BCUT2D eigenvalue weighted by molar-refractivity contribution is 5.73. The molecular formula is C19H24N2O2. The summed E-state index contributed by atoms with van der Waals surface area (Å²) in [6, 6.07) is 0. The largest absolute Gasteiger partial charge is 0.500 e. The second-order valence-corrected chi connectivity index (χ2v) is 6.74. The van der Waals surface area contributed by atoms with Crippen LogP contribution in [0.1, 0.15) is 55.7 Å². The maximum Gasteiger partial charge on any atom is 0.109 e. The van der Waals surface area contributed by atoms with Crippen LogP contribution in [0.2, 0.25) is 0 Å². The van der Waals surface area contributed by atoms with Crippen LogP contribution in [0, 0.1) is 5.92 Å². The van der Waals surface area contributed by atoms with Gasteiger partial charge in [-0.1, -0.05) is 31.4 Å². The van der Waals surface area contributed by atoms with Crippen LogP contribution < -0.4 is 5.22 Å². The van der Waals surface area contributed by atoms with Crippen LogP contribution in [0.4, 0.5) is 0 Å². The van der Waals surface area contributed by atoms with Gasteiger partial charge in [-0.05, 0) is 18.8 Å². The van der Waals surface area contributed by atoms with Crippen LogP contribution in [0.5, 0.6) is 0 Å². The zero-order valence-electron chi connectivity index (χ0n) is 13.7. The minimum absolute atomic E-state index is 0.177. The summed E-state index contributed by atoms with van der Waals surface area (Å²) >= 11 is 0. The maximum absolute atomic E-state index is 10.2. The van der Waals surface area contributed by atoms with Gasteiger partial charge >= 0.3 is 0 Å². The van der Waals surface area contributed by atoms with E-state index in [2.05, 4.69) is 21.5 Å². The van der Waals surface area contributed by atoms with Gasteiger partial charge < -0.3 is 14.2 Å². The highest BCUT2D eigenvalue weighted by Crippen LogP contribution is 2.38. The molecule has 0 spiro atoms. The lowest BCUT2D eigenvalue weighted by atomic mass is 9.78. The summed E-state index contributed by atoms with van der Waals surface area (Å²) < 4.78 is 7.80. The van der Waals surface area contributed by atoms with Gasteiger partial charge in [-0.2, -0.15) is 0 Å². The molecule has 1 N–H and O–H groups in total. The van der Waals surface area contributed by atoms with Gasteiger partial charge in [-0.25, -0.2) is 4.98 Å². The van der Waals surface area contributed by atoms with E-state index in [0.717, 1.165) is 22.9 Å². The highest BCUT2D eigenvalue weighted by atomic mass is 16.5. The van der Waals surface area contributed by atoms with Gasteiger partial charge in [0.15, 0.2) is 0 Å². The first-order chi connectivity index (χ1) is 11.3. The van der Waals surface area contributed by atoms with Crippen LogP contribution in [0.25, 0.3) is 17.4 Å². The topological polar surface area (TPSA) is 46.8 Å². The first-order valence-electron chi connectivity index (χ1n) is 8.67. The molecule has 4 nitrogen and oxygen atoms in total. The number of aliphatic hydroxyl groups excluding tert-OH is 1. The Kier molecular flexibility index (Phi) is 3.85. The van der Waals surface area contributed by atoms with Crippen molar-refractivity contribution in [3.8, 4) is 0 Å². The molecule has 0 aliphatic heterocycles. The Labute approximate surface area is 136 Å². The zero-order valence-corrected chi connectivity index (χ0v) is 13.7. The van der Waals surface area contributed by atoms with Crippen LogP contribution in [-0.2, 0) is 4.74 Å². The molecule has 2 heterocycles. The third-order valence-corrected chi connectivity index (χ3v) is 5.58. The SMILES string of the molecule is COC1=c2c(c(C(CO)C3CCCCC3)n3cncc23)C=CC1. The van der Waals surface area contributed by atoms with Crippen LogP contribution >= 0.6 is 0 Å². The Morgan fingerprint density at radius 2 is 2.17 bits per heavy atom. The number of fused-ring (bicyclic) bond motifs is 3. The van der Waals surface area contributed by atoms with Gasteiger partial charge in [0.05, 0.1) is 31.8 Å². The predicted molar refractivity (Wildman–Crippen MR) is 90.9 cm³/mol. The molecule has 4 rings (SSSR count). The molecule has 0 bridgehead atoms. The van der Waals surface area contributed by atoms with Gasteiger partial charge in [0.25, 0.3) is 0 Å². The van der Waals surface area contributed by atoms with Crippen LogP contribution in [0.3, 0.4) is 0 Å². The van der Waals surface area contributed by atoms with E-state index in [1.54, 1.807) is 7.11 Å². The summed E-state index contributed by atoms with van der Waals surface area (Å²) in [7, 11) is 1.74. The van der Waals surface area contributed by atoms with E-state index in [1.165, 1.54) is 43.4 Å². The molecule has 1 fully saturated rings. The zero-order chi connectivity index (χ0) is 15.8. The van der Waals surface area contributed by atoms with E-state index in [-0.39, 0.29) is 12.5 Å². The number of aromatic nitrogens is 2. The van der Waals surface area contributed by atoms with E-state index in [0.29, 0.717) is 5.92 Å². The number of nitrogens with zero attached hydrogens (tertiary/aromatic N) is 2. The number of hydrogen-bond acceptors (Lipinski definition) is 3. The fourth-order valence-electron chi connectivity index (χ4n) is 4.47. The first-order valence-corrected chi connectivity index (χ1v) is 8.67. The molecule has 1 unspecified atom stereocenters. The lowest BCUT2D eigenvalue weighted by molar-refractivity contribution is 0.193. The number of aliphatic hydroxyl groups is 1. The fraction of sp³-hybridized carbons (Fsp3) is 0.526. The minimum atomic E-state index is 0.177. The van der Waals surface area contributed by atoms with Crippen LogP contribution in [0.15, 0.2) is 18.6 Å². The smallest absolute Gasteiger partial charge is 0.109 e. The molecule has 2 aliphatic rings. The summed E-state index contributed by atoms with van der Waals surface area (Å²) in [5.74, 6) is 1.74. The number of imidazole rings is 1. The predicted octanol–water partition coefficient (Wildman–Crippen LogP) is 2.88. The molecule has 0 amide bonds. The maximum atomic E-state index is 10.2. The van der Waals surface area contributed by atoms with Crippen LogP contribution in [-0.4, -0.2) is 28.2 Å². The Hall–Kier alpha value is -1.81. The average Bonchev–Trinajstić information content (AvgIpc) is 3.18. The van der Waals surface area contributed by atoms with Crippen molar-refractivity contribution < 1.29 is 9.84 Å². The van der Waals surface area contributed by atoms with Gasteiger partial charge in [0, 0.05) is 28.8 Å². The summed E-state index contributed by atoms with van der Waals surface area (Å²) in [6.45, 7) is 0.199. The summed E-state index contributed by atoms with van der Waals surface area (Å²) in [5, 5.41) is 11.3. The second-order valence-electron chi connectivity index (χ2n) is 6.74. The number of hydrogen-bond donors (Lipinski definition) is 1. The van der Waals surface area contributed by atoms with Gasteiger partial charge in [0.1, 0.15) is 5.76 Å². The Morgan fingerprint density at radius 1 is 1.35 bits per heavy atom. The highest BCUT2D eigenvalue weighted by Gasteiger charge is 2.30. The van der Waals surface area contributed by atoms with Crippen molar-refractivity contribution in [3.05, 3.63) is 35.1 Å². The molecular weight excluding hydrogens is 288 g/mol. The molecule has 2 aliphatic carbocycles. The molecule has 1 saturated carbocycles. The Balaban J connectivity index is 1.93. The van der Waals surface area contributed by atoms with Crippen molar-refractivity contribution in [2.24, 2.45) is 5.92 Å². The Bertz CT molecular complexity index is 784. The molecule has 0 saturated heterocycles. The molecule has 122 valence electrons. The average molecular weight is 312 g/mol. The van der Waals surface area contributed by atoms with Gasteiger partial charge in [0.2, 0.25) is 0 Å². The molecule has 1 atom stereocenters. The molecule has 2 aromatic heterocycles. The summed E-state index contributed by atoms with van der Waals surface area (Å²) in [4.78, 5) is 4.35. The van der Waals surface area contributed by atoms with Crippen molar-refractivity contribution in [1.29, 1.82) is 0 Å². The molecule has 2 aromatic rings. The number of rotatable bonds is 4. The minimum Gasteiger partial charge on any atom is -0.500 e. The molecule has 4 heteroatoms. The monoisotopic (exact) mass is 312 g/mol. The molecule has 23 heavy (non-hydrogen) atoms. The second kappa shape index (κ2) is 6.00. The van der Waals surface area contributed by atoms with Crippen molar-refractivity contribution in [2.75, 3.05) is 13.7 Å². The molecule has 0 aromatic carbocycles. The third kappa shape index (κ3) is 2.27. The normalized spacial score (nSPS) is 20.0. The lowest BCUT2D eigenvalue weighted by Gasteiger charge is -2.29. The fourth-order valence-corrected chi connectivity index (χ4v) is 4.47. The van der Waals surface area contributed by atoms with E-state index < -0.39 is 0 Å². The first kappa shape index (κ1) is 14.8. The van der Waals surface area contributed by atoms with Gasteiger partial charge in [-0.3, -0.25) is 0 Å². The lowest BCUT2D eigenvalue weighted by Crippen LogP contribution is -2.22. The van der Waals surface area contributed by atoms with Gasteiger partial charge in [-0.15, -0.1) is 0 Å². The van der Waals surface area contributed by atoms with E-state index >= 15 is 0 Å². The van der Waals surface area contributed by atoms with Crippen molar-refractivity contribution in [3.63, 3.8) is 0 Å². The molecule has 0 radical (unpaired) electrons. The summed E-state index contributed by atoms with van der Waals surface area (Å²) in [6.07, 6.45) is 15.3. The number of ether oxygens (including phenoxy) is 1. The standard InChI is InChI=1S/C19H24N2O2/c1-23-17-9-5-8-14-18(17)16-10-20-12-21(16)19(14)15(11-22)13-6-3-2-4-7-13/h5,8,10,12-13,15,22H,2-4,6-7,9,11H2,1H3.